The molecule has 6 aromatic carbocycles. The van der Waals surface area contributed by atoms with Crippen LogP contribution in [0.25, 0.3) is 0 Å². The number of aryl methyl sites for hydroxylation is 5. The van der Waals surface area contributed by atoms with Gasteiger partial charge in [-0.05, 0) is 90.5 Å². The molecule has 60 heavy (non-hydrogen) atoms. The van der Waals surface area contributed by atoms with Gasteiger partial charge in [-0.15, -0.1) is 0 Å². The molecule has 0 atom stereocenters. The van der Waals surface area contributed by atoms with Gasteiger partial charge in [0.2, 0.25) is 0 Å². The maximum Gasteiger partial charge on any atom is 0 e. The minimum Gasteiger partial charge on any atom is -0.358 e. The minimum atomic E-state index is 0. The molecule has 0 heterocycles. The Morgan fingerprint density at radius 1 is 0.283 bits per heavy atom. The van der Waals surface area contributed by atoms with Gasteiger partial charge in [0.25, 0.3) is 0 Å². The van der Waals surface area contributed by atoms with Gasteiger partial charge in [0.15, 0.2) is 0 Å². The van der Waals surface area contributed by atoms with Crippen molar-refractivity contribution < 1.29 is 32.7 Å². The van der Waals surface area contributed by atoms with Crippen LogP contribution in [-0.2, 0) is 64.8 Å². The van der Waals surface area contributed by atoms with Crippen LogP contribution < -0.4 is 0 Å². The third-order valence-electron chi connectivity index (χ3n) is 8.24. The van der Waals surface area contributed by atoms with E-state index >= 15 is 0 Å². The molecular formula is C59H88Y-2. The predicted octanol–water partition coefficient (Wildman–Crippen LogP) is 18.3. The zero-order chi connectivity index (χ0) is 44.6. The van der Waals surface area contributed by atoms with E-state index < -0.39 is 0 Å². The molecule has 0 aliphatic heterocycles. The van der Waals surface area contributed by atoms with Gasteiger partial charge in [0.1, 0.15) is 0 Å². The molecule has 0 saturated carbocycles. The number of hydrogen-bond acceptors (Lipinski definition) is 0. The van der Waals surface area contributed by atoms with Crippen molar-refractivity contribution in [3.8, 4) is 0 Å². The quantitative estimate of drug-likeness (QED) is 0.134. The van der Waals surface area contributed by atoms with Crippen LogP contribution in [0.3, 0.4) is 0 Å². The third-order valence-corrected chi connectivity index (χ3v) is 8.24. The Kier molecular flexibility index (Phi) is 50.8. The molecule has 0 aliphatic carbocycles. The number of benzene rings is 6. The van der Waals surface area contributed by atoms with Crippen molar-refractivity contribution in [2.45, 2.75) is 150 Å². The summed E-state index contributed by atoms with van der Waals surface area (Å²) in [6.07, 6.45) is 5.27. The molecule has 329 valence electrons. The second kappa shape index (κ2) is 46.5. The van der Waals surface area contributed by atoms with Crippen LogP contribution in [0.15, 0.2) is 146 Å². The van der Waals surface area contributed by atoms with E-state index in [-0.39, 0.29) is 40.1 Å². The first-order valence-electron chi connectivity index (χ1n) is 22.7. The van der Waals surface area contributed by atoms with Gasteiger partial charge in [-0.3, -0.25) is 0 Å². The van der Waals surface area contributed by atoms with E-state index in [4.69, 9.17) is 0 Å². The van der Waals surface area contributed by atoms with Gasteiger partial charge in [-0.25, -0.2) is 0 Å². The average molecular weight is 886 g/mol. The van der Waals surface area contributed by atoms with Gasteiger partial charge in [0, 0.05) is 32.7 Å². The molecule has 0 aliphatic rings. The molecule has 0 amide bonds. The van der Waals surface area contributed by atoms with Crippen molar-refractivity contribution >= 4 is 0 Å². The van der Waals surface area contributed by atoms with Gasteiger partial charge in [-0.1, -0.05) is 236 Å². The SMILES string of the molecule is CC.CC.CC.CC.CC.CC.CCc1ccc(Cc2ccc(C)cc2)cc1.CCc1ccc(Cc2ccc(Cc3ccc(C)cc3)cc2)cc1.Cc1cc[c-]cc1.[CH3-].[Y]. The minimum absolute atomic E-state index is 0. The molecule has 0 nitrogen and oxygen atoms in total. The van der Waals surface area contributed by atoms with Crippen molar-refractivity contribution in [1.82, 2.24) is 0 Å². The molecule has 0 spiro atoms. The molecule has 0 aromatic heterocycles. The van der Waals surface area contributed by atoms with Gasteiger partial charge < -0.3 is 7.43 Å². The van der Waals surface area contributed by atoms with Crippen LogP contribution in [0.1, 0.15) is 158 Å². The smallest absolute Gasteiger partial charge is 0 e. The Balaban J connectivity index is -0.000000238. The van der Waals surface area contributed by atoms with Gasteiger partial charge in [0.05, 0.1) is 0 Å². The molecule has 0 unspecified atom stereocenters. The van der Waals surface area contributed by atoms with E-state index in [1.165, 1.54) is 61.2 Å². The molecule has 1 radical (unpaired) electrons. The van der Waals surface area contributed by atoms with Crippen molar-refractivity contribution in [2.75, 3.05) is 0 Å². The van der Waals surface area contributed by atoms with E-state index in [1.54, 1.807) is 0 Å². The fourth-order valence-electron chi connectivity index (χ4n) is 5.15. The molecule has 6 rings (SSSR count). The van der Waals surface area contributed by atoms with E-state index in [1.807, 2.05) is 107 Å². The Morgan fingerprint density at radius 2 is 0.450 bits per heavy atom. The predicted molar refractivity (Wildman–Crippen MR) is 273 cm³/mol. The summed E-state index contributed by atoms with van der Waals surface area (Å²) in [5.74, 6) is 0. The normalized spacial score (nSPS) is 8.48. The molecule has 0 N–H and O–H groups in total. The van der Waals surface area contributed by atoms with Crippen molar-refractivity contribution in [1.29, 1.82) is 0 Å². The van der Waals surface area contributed by atoms with Crippen LogP contribution in [-0.4, -0.2) is 0 Å². The summed E-state index contributed by atoms with van der Waals surface area (Å²) in [5.41, 5.74) is 15.0. The molecular weight excluding hydrogens is 798 g/mol. The van der Waals surface area contributed by atoms with Crippen LogP contribution >= 0.6 is 0 Å². The Hall–Kier alpha value is -3.58. The first-order valence-corrected chi connectivity index (χ1v) is 22.7. The summed E-state index contributed by atoms with van der Waals surface area (Å²) in [6.45, 7) is 34.7. The summed E-state index contributed by atoms with van der Waals surface area (Å²) >= 11 is 0. The average Bonchev–Trinajstić information content (AvgIpc) is 3.31. The molecule has 0 saturated heterocycles. The number of hydrogen-bond donors (Lipinski definition) is 0. The fourth-order valence-corrected chi connectivity index (χ4v) is 5.15. The second-order valence-electron chi connectivity index (χ2n) is 12.2. The van der Waals surface area contributed by atoms with Crippen LogP contribution in [0.4, 0.5) is 0 Å². The monoisotopic (exact) mass is 886 g/mol. The molecule has 0 bridgehead atoms. The molecule has 1 heteroatoms. The van der Waals surface area contributed by atoms with Crippen molar-refractivity contribution in [2.24, 2.45) is 0 Å². The topological polar surface area (TPSA) is 0 Å². The summed E-state index contributed by atoms with van der Waals surface area (Å²) in [7, 11) is 0. The summed E-state index contributed by atoms with van der Waals surface area (Å²) in [4.78, 5) is 0. The maximum absolute atomic E-state index is 2.93. The second-order valence-corrected chi connectivity index (χ2v) is 12.2. The molecule has 6 aromatic rings. The summed E-state index contributed by atoms with van der Waals surface area (Å²) in [5, 5.41) is 0. The number of rotatable bonds is 8. The Morgan fingerprint density at radius 3 is 0.617 bits per heavy atom. The summed E-state index contributed by atoms with van der Waals surface area (Å²) in [6, 6.07) is 55.3. The maximum atomic E-state index is 2.93. The standard InChI is InChI=1S/C23H24.C16H18.C7H7.6C2H6.CH3.Y/c1-3-19-8-10-21(11-9-19)17-23-14-12-22(13-15-23)16-20-6-4-18(2)5-7-20;1-3-14-8-10-16(11-9-14)12-15-6-4-13(2)5-7-15;1-7-5-3-2-4-6-7;6*1-2;;/h4-15H,3,16-17H2,1-2H3;4-11H,3,12H2,1-2H3;3-6H,1H3;6*1-2H3;1H3;/q;;-1;;;;;;;-1;. The van der Waals surface area contributed by atoms with Crippen LogP contribution in [0.2, 0.25) is 0 Å². The van der Waals surface area contributed by atoms with E-state index in [9.17, 15) is 0 Å². The first-order chi connectivity index (χ1) is 28.4. The van der Waals surface area contributed by atoms with Crippen LogP contribution in [0.5, 0.6) is 0 Å². The molecule has 0 fully saturated rings. The fraction of sp³-hybridized carbons (Fsp3) is 0.373. The Bertz CT molecular complexity index is 1680. The van der Waals surface area contributed by atoms with Gasteiger partial charge in [-0.2, -0.15) is 35.9 Å². The zero-order valence-electron chi connectivity index (χ0n) is 42.0. The van der Waals surface area contributed by atoms with E-state index in [2.05, 4.69) is 162 Å². The van der Waals surface area contributed by atoms with Crippen molar-refractivity contribution in [3.63, 3.8) is 0 Å². The van der Waals surface area contributed by atoms with Crippen LogP contribution in [0, 0.1) is 34.3 Å². The van der Waals surface area contributed by atoms with E-state index in [0.29, 0.717) is 0 Å². The largest absolute Gasteiger partial charge is 0.358 e. The zero-order valence-corrected chi connectivity index (χ0v) is 44.8. The first kappa shape index (κ1) is 65.5. The van der Waals surface area contributed by atoms with Gasteiger partial charge >= 0.3 is 0 Å². The van der Waals surface area contributed by atoms with Crippen molar-refractivity contribution in [3.05, 3.63) is 220 Å². The Labute approximate surface area is 400 Å². The van der Waals surface area contributed by atoms with E-state index in [0.717, 1.165) is 32.1 Å². The summed E-state index contributed by atoms with van der Waals surface area (Å²) < 4.78 is 0. The third kappa shape index (κ3) is 31.3.